The van der Waals surface area contributed by atoms with Gasteiger partial charge in [0.2, 0.25) is 0 Å². The molecule has 0 aliphatic heterocycles. The van der Waals surface area contributed by atoms with Crippen LogP contribution >= 0.6 is 0 Å². The van der Waals surface area contributed by atoms with Crippen molar-refractivity contribution >= 4 is 17.4 Å². The number of rotatable bonds is 9. The van der Waals surface area contributed by atoms with Crippen molar-refractivity contribution in [3.05, 3.63) is 77.0 Å². The highest BCUT2D eigenvalue weighted by molar-refractivity contribution is 6.05. The van der Waals surface area contributed by atoms with Gasteiger partial charge in [0.05, 0.1) is 23.0 Å². The zero-order valence-corrected chi connectivity index (χ0v) is 21.3. The SMILES string of the molecule is CCCCCCN(C)c1ccc(NC(=O)c2ccc(C)c(-c3cc(C(F)(F)F)cc(C(F)(F)F)c3)c2)cn1. The second-order valence-electron chi connectivity index (χ2n) is 9.17. The number of aryl methyl sites for hydroxylation is 1. The van der Waals surface area contributed by atoms with Crippen LogP contribution in [0.5, 0.6) is 0 Å². The van der Waals surface area contributed by atoms with Gasteiger partial charge in [0, 0.05) is 19.2 Å². The topological polar surface area (TPSA) is 45.2 Å². The number of anilines is 2. The number of carbonyl (C=O) groups excluding carboxylic acids is 1. The van der Waals surface area contributed by atoms with Crippen molar-refractivity contribution in [2.45, 2.75) is 51.9 Å². The summed E-state index contributed by atoms with van der Waals surface area (Å²) in [6.45, 7) is 4.53. The molecule has 0 bridgehead atoms. The summed E-state index contributed by atoms with van der Waals surface area (Å²) < 4.78 is 80.0. The van der Waals surface area contributed by atoms with E-state index in [1.54, 1.807) is 19.1 Å². The molecule has 38 heavy (non-hydrogen) atoms. The number of alkyl halides is 6. The number of hydrogen-bond acceptors (Lipinski definition) is 3. The first kappa shape index (κ1) is 29.0. The Balaban J connectivity index is 1.82. The lowest BCUT2D eigenvalue weighted by Crippen LogP contribution is -2.20. The van der Waals surface area contributed by atoms with Crippen LogP contribution in [0.3, 0.4) is 0 Å². The average Bonchev–Trinajstić information content (AvgIpc) is 2.86. The van der Waals surface area contributed by atoms with Gasteiger partial charge in [0.15, 0.2) is 0 Å². The number of pyridine rings is 1. The van der Waals surface area contributed by atoms with Crippen molar-refractivity contribution in [2.75, 3.05) is 23.8 Å². The van der Waals surface area contributed by atoms with Crippen molar-refractivity contribution in [2.24, 2.45) is 0 Å². The maximum atomic E-state index is 13.3. The summed E-state index contributed by atoms with van der Waals surface area (Å²) in [5.74, 6) is 0.166. The molecule has 1 aromatic heterocycles. The van der Waals surface area contributed by atoms with Gasteiger partial charge in [-0.05, 0) is 72.5 Å². The van der Waals surface area contributed by atoms with E-state index in [0.717, 1.165) is 31.6 Å². The first-order valence-electron chi connectivity index (χ1n) is 12.2. The van der Waals surface area contributed by atoms with Gasteiger partial charge in [0.25, 0.3) is 5.91 Å². The number of unbranched alkanes of at least 4 members (excludes halogenated alkanes) is 3. The number of aromatic nitrogens is 1. The first-order valence-corrected chi connectivity index (χ1v) is 12.2. The van der Waals surface area contributed by atoms with Crippen LogP contribution in [0.25, 0.3) is 11.1 Å². The molecule has 0 saturated heterocycles. The zero-order chi connectivity index (χ0) is 28.1. The molecule has 1 amide bonds. The van der Waals surface area contributed by atoms with E-state index in [0.29, 0.717) is 23.4 Å². The molecule has 0 saturated carbocycles. The Morgan fingerprint density at radius 3 is 2.11 bits per heavy atom. The maximum absolute atomic E-state index is 13.3. The standard InChI is InChI=1S/C28H29F6N3O/c1-4-5-6-7-12-37(3)25-11-10-23(17-35-25)36-26(38)19-9-8-18(2)24(15-19)20-13-21(27(29,30)31)16-22(14-20)28(32,33)34/h8-11,13-17H,4-7,12H2,1-3H3,(H,36,38). The van der Waals surface area contributed by atoms with Crippen LogP contribution in [0.2, 0.25) is 0 Å². The van der Waals surface area contributed by atoms with Gasteiger partial charge in [-0.3, -0.25) is 4.79 Å². The summed E-state index contributed by atoms with van der Waals surface area (Å²) in [5.41, 5.74) is -2.13. The quantitative estimate of drug-likeness (QED) is 0.220. The summed E-state index contributed by atoms with van der Waals surface area (Å²) in [6, 6.07) is 9.05. The average molecular weight is 538 g/mol. The molecule has 204 valence electrons. The monoisotopic (exact) mass is 537 g/mol. The lowest BCUT2D eigenvalue weighted by atomic mass is 9.94. The van der Waals surface area contributed by atoms with E-state index in [-0.39, 0.29) is 22.8 Å². The van der Waals surface area contributed by atoms with Crippen LogP contribution in [-0.2, 0) is 12.4 Å². The number of carbonyl (C=O) groups is 1. The maximum Gasteiger partial charge on any atom is 0.416 e. The molecule has 1 heterocycles. The van der Waals surface area contributed by atoms with Crippen molar-refractivity contribution in [3.8, 4) is 11.1 Å². The van der Waals surface area contributed by atoms with E-state index in [4.69, 9.17) is 0 Å². The van der Waals surface area contributed by atoms with Crippen LogP contribution < -0.4 is 10.2 Å². The molecule has 0 atom stereocenters. The Hall–Kier alpha value is -3.56. The van der Waals surface area contributed by atoms with Crippen LogP contribution in [0.1, 0.15) is 59.7 Å². The zero-order valence-electron chi connectivity index (χ0n) is 21.3. The Bertz CT molecular complexity index is 1220. The molecule has 0 radical (unpaired) electrons. The molecule has 3 rings (SSSR count). The largest absolute Gasteiger partial charge is 0.416 e. The number of amides is 1. The van der Waals surface area contributed by atoms with Gasteiger partial charge in [-0.25, -0.2) is 4.98 Å². The van der Waals surface area contributed by atoms with Crippen LogP contribution in [0, 0.1) is 6.92 Å². The van der Waals surface area contributed by atoms with Crippen molar-refractivity contribution in [1.29, 1.82) is 0 Å². The third-order valence-corrected chi connectivity index (χ3v) is 6.14. The summed E-state index contributed by atoms with van der Waals surface area (Å²) in [7, 11) is 1.93. The number of benzene rings is 2. The van der Waals surface area contributed by atoms with E-state index >= 15 is 0 Å². The minimum atomic E-state index is -4.97. The first-order chi connectivity index (χ1) is 17.8. The molecule has 4 nitrogen and oxygen atoms in total. The Morgan fingerprint density at radius 2 is 1.55 bits per heavy atom. The summed E-state index contributed by atoms with van der Waals surface area (Å²) >= 11 is 0. The molecule has 0 aliphatic rings. The van der Waals surface area contributed by atoms with Crippen molar-refractivity contribution in [1.82, 2.24) is 4.98 Å². The minimum Gasteiger partial charge on any atom is -0.360 e. The number of nitrogens with one attached hydrogen (secondary N) is 1. The predicted molar refractivity (Wildman–Crippen MR) is 136 cm³/mol. The van der Waals surface area contributed by atoms with E-state index in [1.165, 1.54) is 30.8 Å². The molecule has 3 aromatic rings. The Morgan fingerprint density at radius 1 is 0.895 bits per heavy atom. The normalized spacial score (nSPS) is 11.9. The van der Waals surface area contributed by atoms with Gasteiger partial charge in [-0.2, -0.15) is 26.3 Å². The molecular formula is C28H29F6N3O. The van der Waals surface area contributed by atoms with Gasteiger partial charge < -0.3 is 10.2 Å². The van der Waals surface area contributed by atoms with E-state index < -0.39 is 29.4 Å². The Kier molecular flexibility index (Phi) is 9.06. The molecule has 0 aliphatic carbocycles. The highest BCUT2D eigenvalue weighted by Gasteiger charge is 2.37. The fraction of sp³-hybridized carbons (Fsp3) is 0.357. The minimum absolute atomic E-state index is 0.0775. The van der Waals surface area contributed by atoms with Crippen LogP contribution in [-0.4, -0.2) is 24.5 Å². The van der Waals surface area contributed by atoms with Crippen LogP contribution in [0.4, 0.5) is 37.8 Å². The molecule has 1 N–H and O–H groups in total. The van der Waals surface area contributed by atoms with Gasteiger partial charge in [-0.15, -0.1) is 0 Å². The molecule has 10 heteroatoms. The fourth-order valence-corrected chi connectivity index (χ4v) is 3.96. The highest BCUT2D eigenvalue weighted by Crippen LogP contribution is 2.39. The highest BCUT2D eigenvalue weighted by atomic mass is 19.4. The lowest BCUT2D eigenvalue weighted by molar-refractivity contribution is -0.143. The van der Waals surface area contributed by atoms with Crippen molar-refractivity contribution < 1.29 is 31.1 Å². The smallest absolute Gasteiger partial charge is 0.360 e. The molecule has 0 spiro atoms. The molecule has 0 unspecified atom stereocenters. The molecule has 2 aromatic carbocycles. The van der Waals surface area contributed by atoms with Gasteiger partial charge in [-0.1, -0.05) is 32.3 Å². The lowest BCUT2D eigenvalue weighted by Gasteiger charge is -2.18. The number of hydrogen-bond donors (Lipinski definition) is 1. The number of nitrogens with zero attached hydrogens (tertiary/aromatic N) is 2. The number of halogens is 6. The predicted octanol–water partition coefficient (Wildman–Crippen LogP) is 8.36. The van der Waals surface area contributed by atoms with Crippen LogP contribution in [0.15, 0.2) is 54.7 Å². The van der Waals surface area contributed by atoms with Crippen molar-refractivity contribution in [3.63, 3.8) is 0 Å². The second-order valence-corrected chi connectivity index (χ2v) is 9.17. The molecular weight excluding hydrogens is 508 g/mol. The van der Waals surface area contributed by atoms with Gasteiger partial charge >= 0.3 is 12.4 Å². The summed E-state index contributed by atoms with van der Waals surface area (Å²) in [6.07, 6.45) is -3.96. The van der Waals surface area contributed by atoms with Gasteiger partial charge in [0.1, 0.15) is 5.82 Å². The summed E-state index contributed by atoms with van der Waals surface area (Å²) in [5, 5.41) is 2.67. The third kappa shape index (κ3) is 7.49. The fourth-order valence-electron chi connectivity index (χ4n) is 3.96. The van der Waals surface area contributed by atoms with E-state index in [2.05, 4.69) is 17.2 Å². The Labute approximate surface area is 217 Å². The summed E-state index contributed by atoms with van der Waals surface area (Å²) in [4.78, 5) is 19.3. The second kappa shape index (κ2) is 11.9. The van der Waals surface area contributed by atoms with E-state index in [1.807, 2.05) is 11.9 Å². The third-order valence-electron chi connectivity index (χ3n) is 6.14. The molecule has 0 fully saturated rings. The van der Waals surface area contributed by atoms with E-state index in [9.17, 15) is 31.1 Å².